The number of rotatable bonds is 8. The Morgan fingerprint density at radius 3 is 2.52 bits per heavy atom. The van der Waals surface area contributed by atoms with Crippen molar-refractivity contribution < 1.29 is 13.2 Å². The lowest BCUT2D eigenvalue weighted by Gasteiger charge is -2.23. The molecule has 9 heteroatoms. The Kier molecular flexibility index (Phi) is 6.39. The number of hydrogen-bond acceptors (Lipinski definition) is 7. The van der Waals surface area contributed by atoms with Crippen molar-refractivity contribution in [3.05, 3.63) is 0 Å². The second kappa shape index (κ2) is 7.39. The van der Waals surface area contributed by atoms with E-state index >= 15 is 0 Å². The van der Waals surface area contributed by atoms with Crippen molar-refractivity contribution in [2.24, 2.45) is 5.92 Å². The summed E-state index contributed by atoms with van der Waals surface area (Å²) in [5.74, 6) is 0.296. The van der Waals surface area contributed by atoms with Crippen molar-refractivity contribution >= 4 is 32.4 Å². The zero-order valence-corrected chi connectivity index (χ0v) is 14.7. The smallest absolute Gasteiger partial charge is 0.249 e. The molecule has 1 heterocycles. The Hall–Kier alpha value is -0.900. The first-order chi connectivity index (χ1) is 9.71. The summed E-state index contributed by atoms with van der Waals surface area (Å²) in [6, 6.07) is -0.0130. The van der Waals surface area contributed by atoms with Crippen molar-refractivity contribution in [3.63, 3.8) is 0 Å². The summed E-state index contributed by atoms with van der Waals surface area (Å²) in [6.45, 7) is 7.11. The summed E-state index contributed by atoms with van der Waals surface area (Å²) in [5.41, 5.74) is 5.74. The van der Waals surface area contributed by atoms with Crippen molar-refractivity contribution in [2.75, 3.05) is 38.4 Å². The van der Waals surface area contributed by atoms with Crippen LogP contribution in [0.4, 0.5) is 10.8 Å². The number of sulfonamides is 1. The van der Waals surface area contributed by atoms with Gasteiger partial charge in [-0.1, -0.05) is 13.8 Å². The standard InChI is InChI=1S/C12H24N4O3S2/c1-6-19-7-9(8(2)3)14-12-10(11(13)15-20-12)21(17,18)16(4)5/h8-9,14H,6-7H2,1-5H3,(H2,13,15). The Morgan fingerprint density at radius 1 is 1.43 bits per heavy atom. The summed E-state index contributed by atoms with van der Waals surface area (Å²) >= 11 is 1.05. The third-order valence-corrected chi connectivity index (χ3v) is 5.85. The van der Waals surface area contributed by atoms with E-state index in [9.17, 15) is 8.42 Å². The number of nitrogens with zero attached hydrogens (tertiary/aromatic N) is 2. The van der Waals surface area contributed by atoms with Gasteiger partial charge >= 0.3 is 0 Å². The van der Waals surface area contributed by atoms with Crippen molar-refractivity contribution in [1.29, 1.82) is 0 Å². The van der Waals surface area contributed by atoms with E-state index in [4.69, 9.17) is 10.5 Å². The van der Waals surface area contributed by atoms with Crippen molar-refractivity contribution in [3.8, 4) is 0 Å². The monoisotopic (exact) mass is 336 g/mol. The van der Waals surface area contributed by atoms with Gasteiger partial charge in [0.15, 0.2) is 10.7 Å². The van der Waals surface area contributed by atoms with Gasteiger partial charge < -0.3 is 15.8 Å². The molecule has 0 amide bonds. The molecule has 0 fully saturated rings. The quantitative estimate of drug-likeness (QED) is 0.745. The predicted octanol–water partition coefficient (Wildman–Crippen LogP) is 1.45. The summed E-state index contributed by atoms with van der Waals surface area (Å²) in [5, 5.41) is 3.67. The molecule has 0 saturated heterocycles. The Labute approximate surface area is 130 Å². The van der Waals surface area contributed by atoms with E-state index in [2.05, 4.69) is 9.69 Å². The minimum absolute atomic E-state index is 0.0130. The minimum atomic E-state index is -3.63. The first-order valence-corrected chi connectivity index (χ1v) is 8.95. The lowest BCUT2D eigenvalue weighted by molar-refractivity contribution is 0.127. The van der Waals surface area contributed by atoms with E-state index in [1.807, 2.05) is 20.8 Å². The van der Waals surface area contributed by atoms with Crippen LogP contribution in [0.3, 0.4) is 0 Å². The van der Waals surface area contributed by atoms with Gasteiger partial charge in [0, 0.05) is 20.7 Å². The maximum Gasteiger partial charge on any atom is 0.249 e. The molecule has 1 aromatic heterocycles. The molecule has 0 aliphatic carbocycles. The van der Waals surface area contributed by atoms with Gasteiger partial charge in [-0.15, -0.1) is 0 Å². The second-order valence-electron chi connectivity index (χ2n) is 5.17. The highest BCUT2D eigenvalue weighted by atomic mass is 32.2. The van der Waals surface area contributed by atoms with E-state index in [1.165, 1.54) is 14.1 Å². The SMILES string of the molecule is CCOCC(Nc1snc(N)c1S(=O)(=O)N(C)C)C(C)C. The van der Waals surface area contributed by atoms with E-state index < -0.39 is 10.0 Å². The van der Waals surface area contributed by atoms with Gasteiger partial charge in [0.1, 0.15) is 5.00 Å². The highest BCUT2D eigenvalue weighted by Crippen LogP contribution is 2.34. The number of nitrogen functional groups attached to an aromatic ring is 1. The molecule has 7 nitrogen and oxygen atoms in total. The first-order valence-electron chi connectivity index (χ1n) is 6.73. The Balaban J connectivity index is 3.10. The number of ether oxygens (including phenoxy) is 1. The van der Waals surface area contributed by atoms with Crippen LogP contribution < -0.4 is 11.1 Å². The number of hydrogen-bond donors (Lipinski definition) is 2. The summed E-state index contributed by atoms with van der Waals surface area (Å²) in [7, 11) is -0.697. The third kappa shape index (κ3) is 4.29. The normalized spacial score (nSPS) is 13.9. The van der Waals surface area contributed by atoms with Gasteiger partial charge in [0.05, 0.1) is 12.6 Å². The van der Waals surface area contributed by atoms with Gasteiger partial charge in [-0.25, -0.2) is 12.7 Å². The van der Waals surface area contributed by atoms with Gasteiger partial charge in [0.25, 0.3) is 0 Å². The topological polar surface area (TPSA) is 97.5 Å². The molecular formula is C12H24N4O3S2. The summed E-state index contributed by atoms with van der Waals surface area (Å²) in [6.07, 6.45) is 0. The van der Waals surface area contributed by atoms with E-state index in [0.29, 0.717) is 18.2 Å². The van der Waals surface area contributed by atoms with Crippen molar-refractivity contribution in [2.45, 2.75) is 31.7 Å². The number of nitrogens with one attached hydrogen (secondary N) is 1. The minimum Gasteiger partial charge on any atom is -0.382 e. The molecule has 0 bridgehead atoms. The van der Waals surface area contributed by atoms with Crippen LogP contribution in [0.5, 0.6) is 0 Å². The molecule has 0 aliphatic heterocycles. The molecule has 1 atom stereocenters. The van der Waals surface area contributed by atoms with Gasteiger partial charge in [-0.05, 0) is 24.4 Å². The van der Waals surface area contributed by atoms with Crippen LogP contribution in [0.1, 0.15) is 20.8 Å². The Bertz CT molecular complexity index is 555. The molecule has 21 heavy (non-hydrogen) atoms. The molecule has 1 aromatic rings. The molecular weight excluding hydrogens is 312 g/mol. The van der Waals surface area contributed by atoms with E-state index in [0.717, 1.165) is 15.8 Å². The molecule has 0 saturated carbocycles. The van der Waals surface area contributed by atoms with Gasteiger partial charge in [-0.3, -0.25) is 0 Å². The molecule has 0 aromatic carbocycles. The lowest BCUT2D eigenvalue weighted by atomic mass is 10.1. The molecule has 0 aliphatic rings. The van der Waals surface area contributed by atoms with Crippen LogP contribution in [-0.2, 0) is 14.8 Å². The molecule has 122 valence electrons. The summed E-state index contributed by atoms with van der Waals surface area (Å²) < 4.78 is 35.2. The van der Waals surface area contributed by atoms with E-state index in [-0.39, 0.29) is 22.7 Å². The second-order valence-corrected chi connectivity index (χ2v) is 8.03. The average Bonchev–Trinajstić information content (AvgIpc) is 2.75. The largest absolute Gasteiger partial charge is 0.382 e. The highest BCUT2D eigenvalue weighted by molar-refractivity contribution is 7.89. The van der Waals surface area contributed by atoms with Gasteiger partial charge in [-0.2, -0.15) is 4.37 Å². The Morgan fingerprint density at radius 2 is 2.05 bits per heavy atom. The number of anilines is 2. The zero-order chi connectivity index (χ0) is 16.2. The number of aromatic nitrogens is 1. The van der Waals surface area contributed by atoms with Crippen LogP contribution >= 0.6 is 11.5 Å². The predicted molar refractivity (Wildman–Crippen MR) is 86.1 cm³/mol. The van der Waals surface area contributed by atoms with Crippen LogP contribution in [0.25, 0.3) is 0 Å². The fourth-order valence-electron chi connectivity index (χ4n) is 1.63. The highest BCUT2D eigenvalue weighted by Gasteiger charge is 2.29. The first kappa shape index (κ1) is 18.1. The molecule has 1 rings (SSSR count). The molecule has 3 N–H and O–H groups in total. The van der Waals surface area contributed by atoms with Crippen LogP contribution in [0.15, 0.2) is 4.90 Å². The third-order valence-electron chi connectivity index (χ3n) is 3.04. The zero-order valence-electron chi connectivity index (χ0n) is 13.1. The average molecular weight is 336 g/mol. The maximum atomic E-state index is 12.3. The van der Waals surface area contributed by atoms with Crippen LogP contribution in [0, 0.1) is 5.92 Å². The van der Waals surface area contributed by atoms with Crippen molar-refractivity contribution in [1.82, 2.24) is 8.68 Å². The fourth-order valence-corrected chi connectivity index (χ4v) is 3.76. The number of nitrogens with two attached hydrogens (primary N) is 1. The van der Waals surface area contributed by atoms with E-state index in [1.54, 1.807) is 0 Å². The van der Waals surface area contributed by atoms with Crippen LogP contribution in [0.2, 0.25) is 0 Å². The lowest BCUT2D eigenvalue weighted by Crippen LogP contribution is -2.32. The van der Waals surface area contributed by atoms with Gasteiger partial charge in [0.2, 0.25) is 10.0 Å². The molecule has 0 radical (unpaired) electrons. The van der Waals surface area contributed by atoms with Crippen LogP contribution in [-0.4, -0.2) is 50.4 Å². The molecule has 0 spiro atoms. The molecule has 1 unspecified atom stereocenters. The fraction of sp³-hybridized carbons (Fsp3) is 0.750. The maximum absolute atomic E-state index is 12.3. The summed E-state index contributed by atoms with van der Waals surface area (Å²) in [4.78, 5) is 0.0413.